The van der Waals surface area contributed by atoms with E-state index in [1.807, 2.05) is 24.3 Å². The zero-order chi connectivity index (χ0) is 19.2. The first kappa shape index (κ1) is 19.2. The number of carbonyl (C=O) groups is 2. The number of amides is 1. The molecule has 1 amide bonds. The van der Waals surface area contributed by atoms with Crippen LogP contribution >= 0.6 is 11.8 Å². The van der Waals surface area contributed by atoms with E-state index >= 15 is 0 Å². The number of para-hydroxylation sites is 1. The standard InChI is InChI=1S/C21H20FNO3S/c1-15-12-13-23(18-4-2-3-5-19(18)27-15)20(24)14-26-21(25)11-8-16-6-9-17(22)10-7-16/h2-11,15H,12-14H2,1H3/b11-8+/t15-/m1/s1. The SMILES string of the molecule is C[C@@H]1CCN(C(=O)COC(=O)/C=C/c2ccc(F)cc2)c2ccccc2S1. The molecule has 3 rings (SSSR count). The van der Waals surface area contributed by atoms with E-state index in [-0.39, 0.29) is 18.3 Å². The molecule has 0 N–H and O–H groups in total. The Morgan fingerprint density at radius 1 is 1.22 bits per heavy atom. The summed E-state index contributed by atoms with van der Waals surface area (Å²) in [6.07, 6.45) is 3.62. The second-order valence-electron chi connectivity index (χ2n) is 6.22. The molecule has 27 heavy (non-hydrogen) atoms. The van der Waals surface area contributed by atoms with E-state index in [4.69, 9.17) is 4.74 Å². The van der Waals surface area contributed by atoms with Gasteiger partial charge < -0.3 is 9.64 Å². The van der Waals surface area contributed by atoms with Crippen molar-refractivity contribution >= 4 is 35.4 Å². The van der Waals surface area contributed by atoms with Gasteiger partial charge in [0, 0.05) is 22.8 Å². The first-order valence-electron chi connectivity index (χ1n) is 8.69. The van der Waals surface area contributed by atoms with Crippen molar-refractivity contribution in [3.05, 3.63) is 66.0 Å². The quantitative estimate of drug-likeness (QED) is 0.582. The number of anilines is 1. The molecular weight excluding hydrogens is 365 g/mol. The number of halogens is 1. The number of fused-ring (bicyclic) bond motifs is 1. The van der Waals surface area contributed by atoms with E-state index in [0.717, 1.165) is 17.0 Å². The van der Waals surface area contributed by atoms with E-state index in [1.165, 1.54) is 24.3 Å². The third-order valence-corrected chi connectivity index (χ3v) is 5.40. The Morgan fingerprint density at radius 3 is 2.74 bits per heavy atom. The topological polar surface area (TPSA) is 46.6 Å². The largest absolute Gasteiger partial charge is 0.452 e. The molecule has 4 nitrogen and oxygen atoms in total. The smallest absolute Gasteiger partial charge is 0.331 e. The average molecular weight is 385 g/mol. The lowest BCUT2D eigenvalue weighted by Gasteiger charge is -2.22. The van der Waals surface area contributed by atoms with Crippen molar-refractivity contribution in [2.75, 3.05) is 18.1 Å². The molecule has 2 aromatic rings. The van der Waals surface area contributed by atoms with Crippen LogP contribution in [0.4, 0.5) is 10.1 Å². The van der Waals surface area contributed by atoms with Crippen LogP contribution in [0.5, 0.6) is 0 Å². The Kier molecular flexibility index (Phi) is 6.29. The molecule has 0 aliphatic carbocycles. The van der Waals surface area contributed by atoms with Crippen molar-refractivity contribution in [3.63, 3.8) is 0 Å². The lowest BCUT2D eigenvalue weighted by molar-refractivity contribution is -0.142. The van der Waals surface area contributed by atoms with Gasteiger partial charge in [-0.05, 0) is 42.3 Å². The second kappa shape index (κ2) is 8.86. The van der Waals surface area contributed by atoms with Gasteiger partial charge in [-0.25, -0.2) is 9.18 Å². The molecule has 0 saturated carbocycles. The number of nitrogens with zero attached hydrogens (tertiary/aromatic N) is 1. The molecule has 6 heteroatoms. The lowest BCUT2D eigenvalue weighted by atomic mass is 10.2. The molecule has 1 aliphatic rings. The van der Waals surface area contributed by atoms with E-state index < -0.39 is 5.97 Å². The van der Waals surface area contributed by atoms with Gasteiger partial charge in [0.15, 0.2) is 6.61 Å². The molecule has 140 valence electrons. The lowest BCUT2D eigenvalue weighted by Crippen LogP contribution is -2.35. The maximum absolute atomic E-state index is 12.9. The molecule has 0 spiro atoms. The maximum Gasteiger partial charge on any atom is 0.331 e. The minimum Gasteiger partial charge on any atom is -0.452 e. The minimum absolute atomic E-state index is 0.249. The summed E-state index contributed by atoms with van der Waals surface area (Å²) in [4.78, 5) is 27.2. The van der Waals surface area contributed by atoms with Gasteiger partial charge in [0.25, 0.3) is 5.91 Å². The Hall–Kier alpha value is -2.60. The predicted molar refractivity (Wildman–Crippen MR) is 105 cm³/mol. The van der Waals surface area contributed by atoms with Gasteiger partial charge in [-0.3, -0.25) is 4.79 Å². The van der Waals surface area contributed by atoms with Crippen LogP contribution in [-0.2, 0) is 14.3 Å². The Labute approximate surface area is 162 Å². The van der Waals surface area contributed by atoms with Gasteiger partial charge in [0.05, 0.1) is 5.69 Å². The van der Waals surface area contributed by atoms with E-state index in [1.54, 1.807) is 28.8 Å². The van der Waals surface area contributed by atoms with Crippen molar-refractivity contribution in [1.82, 2.24) is 0 Å². The monoisotopic (exact) mass is 385 g/mol. The fourth-order valence-corrected chi connectivity index (χ4v) is 3.86. The number of ether oxygens (including phenoxy) is 1. The van der Waals surface area contributed by atoms with Crippen LogP contribution < -0.4 is 4.90 Å². The van der Waals surface area contributed by atoms with Crippen LogP contribution in [0.15, 0.2) is 59.5 Å². The minimum atomic E-state index is -0.612. The van der Waals surface area contributed by atoms with Crippen molar-refractivity contribution in [2.45, 2.75) is 23.5 Å². The molecule has 1 heterocycles. The molecule has 1 atom stereocenters. The number of esters is 1. The molecule has 0 bridgehead atoms. The van der Waals surface area contributed by atoms with Crippen molar-refractivity contribution in [2.24, 2.45) is 0 Å². The molecule has 0 saturated heterocycles. The van der Waals surface area contributed by atoms with Gasteiger partial charge in [-0.15, -0.1) is 11.8 Å². The normalized spacial score (nSPS) is 16.7. The van der Waals surface area contributed by atoms with Crippen LogP contribution in [0, 0.1) is 5.82 Å². The van der Waals surface area contributed by atoms with E-state index in [0.29, 0.717) is 17.4 Å². The van der Waals surface area contributed by atoms with Crippen molar-refractivity contribution in [3.8, 4) is 0 Å². The average Bonchev–Trinajstić information content (AvgIpc) is 2.84. The van der Waals surface area contributed by atoms with Crippen LogP contribution in [0.3, 0.4) is 0 Å². The number of rotatable bonds is 4. The summed E-state index contributed by atoms with van der Waals surface area (Å²) in [6, 6.07) is 13.5. The number of carbonyl (C=O) groups excluding carboxylic acids is 2. The summed E-state index contributed by atoms with van der Waals surface area (Å²) in [5, 5.41) is 0.408. The van der Waals surface area contributed by atoms with Gasteiger partial charge in [0.2, 0.25) is 0 Å². The molecule has 0 aromatic heterocycles. The number of benzene rings is 2. The number of hydrogen-bond donors (Lipinski definition) is 0. The third kappa shape index (κ3) is 5.20. The van der Waals surface area contributed by atoms with Crippen LogP contribution in [0.1, 0.15) is 18.9 Å². The van der Waals surface area contributed by atoms with Gasteiger partial charge in [-0.1, -0.05) is 31.2 Å². The summed E-state index contributed by atoms with van der Waals surface area (Å²) in [5.74, 6) is -1.20. The zero-order valence-electron chi connectivity index (χ0n) is 14.9. The first-order valence-corrected chi connectivity index (χ1v) is 9.57. The van der Waals surface area contributed by atoms with Crippen molar-refractivity contribution < 1.29 is 18.7 Å². The highest BCUT2D eigenvalue weighted by molar-refractivity contribution is 8.00. The Bertz CT molecular complexity index is 851. The summed E-state index contributed by atoms with van der Waals surface area (Å²) in [5.41, 5.74) is 1.53. The molecule has 0 unspecified atom stereocenters. The highest BCUT2D eigenvalue weighted by Crippen LogP contribution is 2.37. The van der Waals surface area contributed by atoms with E-state index in [2.05, 4.69) is 6.92 Å². The predicted octanol–water partition coefficient (Wildman–Crippen LogP) is 4.30. The summed E-state index contributed by atoms with van der Waals surface area (Å²) in [6.45, 7) is 2.41. The second-order valence-corrected chi connectivity index (χ2v) is 7.70. The molecule has 0 fully saturated rings. The van der Waals surface area contributed by atoms with Gasteiger partial charge >= 0.3 is 5.97 Å². The van der Waals surface area contributed by atoms with Crippen molar-refractivity contribution in [1.29, 1.82) is 0 Å². The van der Waals surface area contributed by atoms with Gasteiger partial charge in [-0.2, -0.15) is 0 Å². The third-order valence-electron chi connectivity index (χ3n) is 4.16. The summed E-state index contributed by atoms with van der Waals surface area (Å²) in [7, 11) is 0. The number of thioether (sulfide) groups is 1. The Morgan fingerprint density at radius 2 is 1.96 bits per heavy atom. The first-order chi connectivity index (χ1) is 13.0. The number of hydrogen-bond acceptors (Lipinski definition) is 4. The molecule has 0 radical (unpaired) electrons. The molecule has 1 aliphatic heterocycles. The highest BCUT2D eigenvalue weighted by Gasteiger charge is 2.24. The molecule has 2 aromatic carbocycles. The highest BCUT2D eigenvalue weighted by atomic mass is 32.2. The zero-order valence-corrected chi connectivity index (χ0v) is 15.7. The fraction of sp³-hybridized carbons (Fsp3) is 0.238. The summed E-state index contributed by atoms with van der Waals surface area (Å²) < 4.78 is 18.0. The van der Waals surface area contributed by atoms with Crippen LogP contribution in [-0.4, -0.2) is 30.3 Å². The Balaban J connectivity index is 1.60. The van der Waals surface area contributed by atoms with Crippen LogP contribution in [0.2, 0.25) is 0 Å². The van der Waals surface area contributed by atoms with Crippen LogP contribution in [0.25, 0.3) is 6.08 Å². The van der Waals surface area contributed by atoms with E-state index in [9.17, 15) is 14.0 Å². The maximum atomic E-state index is 12.9. The van der Waals surface area contributed by atoms with Gasteiger partial charge in [0.1, 0.15) is 5.82 Å². The molecular formula is C21H20FNO3S. The summed E-state index contributed by atoms with van der Waals surface area (Å²) >= 11 is 1.75. The fourth-order valence-electron chi connectivity index (χ4n) is 2.74.